The van der Waals surface area contributed by atoms with E-state index < -0.39 is 0 Å². The molecule has 0 fully saturated rings. The van der Waals surface area contributed by atoms with Gasteiger partial charge in [0, 0.05) is 6.07 Å². The Labute approximate surface area is 114 Å². The van der Waals surface area contributed by atoms with Crippen molar-refractivity contribution in [1.29, 1.82) is 0 Å². The van der Waals surface area contributed by atoms with Crippen molar-refractivity contribution in [2.45, 2.75) is 13.0 Å². The van der Waals surface area contributed by atoms with Gasteiger partial charge in [0.05, 0.1) is 13.2 Å². The van der Waals surface area contributed by atoms with Crippen LogP contribution in [0.2, 0.25) is 0 Å². The number of imidazole rings is 1. The van der Waals surface area contributed by atoms with Crippen LogP contribution in [0.25, 0.3) is 11.2 Å². The Kier molecular flexibility index (Phi) is 2.87. The number of hydrogen-bond acceptors (Lipinski definition) is 5. The van der Waals surface area contributed by atoms with Gasteiger partial charge in [-0.25, -0.2) is 4.98 Å². The molecule has 3 rings (SSSR count). The molecule has 5 nitrogen and oxygen atoms in total. The average molecular weight is 274 g/mol. The Morgan fingerprint density at radius 3 is 2.84 bits per heavy atom. The summed E-state index contributed by atoms with van der Waals surface area (Å²) in [5.74, 6) is 1.03. The summed E-state index contributed by atoms with van der Waals surface area (Å²) < 4.78 is 7.10. The van der Waals surface area contributed by atoms with E-state index in [4.69, 9.17) is 10.5 Å². The average Bonchev–Trinajstić information content (AvgIpc) is 3.03. The van der Waals surface area contributed by atoms with E-state index in [1.54, 1.807) is 24.5 Å². The fourth-order valence-electron chi connectivity index (χ4n) is 2.13. The van der Waals surface area contributed by atoms with Gasteiger partial charge in [-0.2, -0.15) is 16.3 Å². The monoisotopic (exact) mass is 274 g/mol. The number of fused-ring (bicyclic) bond motifs is 1. The van der Waals surface area contributed by atoms with Gasteiger partial charge in [-0.05, 0) is 35.4 Å². The maximum Gasteiger partial charge on any atom is 0.215 e. The van der Waals surface area contributed by atoms with Crippen LogP contribution in [0.5, 0.6) is 5.88 Å². The Bertz CT molecular complexity index is 705. The third-order valence-electron chi connectivity index (χ3n) is 3.16. The molecule has 0 aliphatic heterocycles. The molecule has 6 heteroatoms. The molecule has 1 atom stereocenters. The number of nitrogens with two attached hydrogens (primary N) is 1. The maximum atomic E-state index is 6.03. The van der Waals surface area contributed by atoms with Crippen LogP contribution in [0, 0.1) is 0 Å². The van der Waals surface area contributed by atoms with Crippen LogP contribution < -0.4 is 10.5 Å². The molecular weight excluding hydrogens is 260 g/mol. The van der Waals surface area contributed by atoms with E-state index in [0.717, 1.165) is 11.2 Å². The minimum atomic E-state index is 0.0934. The first kappa shape index (κ1) is 12.0. The van der Waals surface area contributed by atoms with Gasteiger partial charge in [-0.15, -0.1) is 0 Å². The number of anilines is 1. The van der Waals surface area contributed by atoms with Crippen LogP contribution in [-0.4, -0.2) is 21.6 Å². The van der Waals surface area contributed by atoms with E-state index in [-0.39, 0.29) is 6.04 Å². The van der Waals surface area contributed by atoms with Gasteiger partial charge in [0.2, 0.25) is 11.8 Å². The van der Waals surface area contributed by atoms with Crippen molar-refractivity contribution in [2.75, 3.05) is 12.8 Å². The van der Waals surface area contributed by atoms with Gasteiger partial charge in [-0.1, -0.05) is 0 Å². The van der Waals surface area contributed by atoms with Gasteiger partial charge < -0.3 is 10.5 Å². The van der Waals surface area contributed by atoms with Crippen molar-refractivity contribution >= 4 is 28.4 Å². The summed E-state index contributed by atoms with van der Waals surface area (Å²) in [4.78, 5) is 8.79. The number of rotatable bonds is 3. The molecule has 3 aromatic rings. The number of ether oxygens (including phenoxy) is 1. The predicted octanol–water partition coefficient (Wildman–Crippen LogP) is 2.69. The second-order valence-corrected chi connectivity index (χ2v) is 5.05. The Balaban J connectivity index is 2.19. The van der Waals surface area contributed by atoms with Gasteiger partial charge in [0.1, 0.15) is 5.52 Å². The Morgan fingerprint density at radius 1 is 1.32 bits per heavy atom. The number of hydrogen-bond donors (Lipinski definition) is 1. The molecule has 0 bridgehead atoms. The molecule has 0 saturated heterocycles. The van der Waals surface area contributed by atoms with Crippen LogP contribution in [-0.2, 0) is 0 Å². The minimum absolute atomic E-state index is 0.0934. The van der Waals surface area contributed by atoms with E-state index in [9.17, 15) is 0 Å². The second-order valence-electron chi connectivity index (χ2n) is 4.27. The lowest BCUT2D eigenvalue weighted by molar-refractivity contribution is 0.399. The number of pyridine rings is 1. The van der Waals surface area contributed by atoms with Crippen LogP contribution in [0.15, 0.2) is 29.0 Å². The first-order chi connectivity index (χ1) is 9.20. The number of thiophene rings is 1. The van der Waals surface area contributed by atoms with Crippen molar-refractivity contribution in [3.8, 4) is 5.88 Å². The summed E-state index contributed by atoms with van der Waals surface area (Å²) >= 11 is 1.66. The van der Waals surface area contributed by atoms with Gasteiger partial charge in [0.15, 0.2) is 5.65 Å². The molecule has 0 aliphatic carbocycles. The SMILES string of the molecule is COc1ccc2nc(N)n(C(C)c3ccsc3)c2n1. The van der Waals surface area contributed by atoms with Crippen molar-refractivity contribution < 1.29 is 4.74 Å². The molecular formula is C13H14N4OS. The quantitative estimate of drug-likeness (QED) is 0.797. The third kappa shape index (κ3) is 1.94. The van der Waals surface area contributed by atoms with Crippen LogP contribution in [0.4, 0.5) is 5.95 Å². The number of aromatic nitrogens is 3. The number of nitrogen functional groups attached to an aromatic ring is 1. The van der Waals surface area contributed by atoms with E-state index in [2.05, 4.69) is 33.7 Å². The highest BCUT2D eigenvalue weighted by Crippen LogP contribution is 2.28. The Hall–Kier alpha value is -2.08. The highest BCUT2D eigenvalue weighted by atomic mass is 32.1. The topological polar surface area (TPSA) is 66.0 Å². The normalized spacial score (nSPS) is 12.7. The third-order valence-corrected chi connectivity index (χ3v) is 3.86. The van der Waals surface area contributed by atoms with Crippen molar-refractivity contribution in [3.63, 3.8) is 0 Å². The van der Waals surface area contributed by atoms with E-state index in [1.165, 1.54) is 5.56 Å². The molecule has 0 spiro atoms. The van der Waals surface area contributed by atoms with Crippen LogP contribution in [0.3, 0.4) is 0 Å². The molecule has 98 valence electrons. The maximum absolute atomic E-state index is 6.03. The zero-order valence-electron chi connectivity index (χ0n) is 10.7. The van der Waals surface area contributed by atoms with Crippen molar-refractivity contribution in [3.05, 3.63) is 34.5 Å². The summed E-state index contributed by atoms with van der Waals surface area (Å²) in [6, 6.07) is 5.83. The smallest absolute Gasteiger partial charge is 0.215 e. The summed E-state index contributed by atoms with van der Waals surface area (Å²) in [5.41, 5.74) is 8.75. The molecule has 3 heterocycles. The highest BCUT2D eigenvalue weighted by molar-refractivity contribution is 7.07. The lowest BCUT2D eigenvalue weighted by Gasteiger charge is -2.14. The predicted molar refractivity (Wildman–Crippen MR) is 76.6 cm³/mol. The minimum Gasteiger partial charge on any atom is -0.481 e. The standard InChI is InChI=1S/C13H14N4OS/c1-8(9-5-6-19-7-9)17-12-10(15-13(17)14)3-4-11(16-12)18-2/h3-8H,1-2H3,(H2,14,15). The number of methoxy groups -OCH3 is 1. The molecule has 0 aromatic carbocycles. The molecule has 1 unspecified atom stereocenters. The largest absolute Gasteiger partial charge is 0.481 e. The molecule has 0 amide bonds. The molecule has 0 aliphatic rings. The first-order valence-electron chi connectivity index (χ1n) is 5.91. The fourth-order valence-corrected chi connectivity index (χ4v) is 2.88. The highest BCUT2D eigenvalue weighted by Gasteiger charge is 2.17. The molecule has 0 radical (unpaired) electrons. The first-order valence-corrected chi connectivity index (χ1v) is 6.85. The second kappa shape index (κ2) is 4.55. The van der Waals surface area contributed by atoms with Gasteiger partial charge >= 0.3 is 0 Å². The summed E-state index contributed by atoms with van der Waals surface area (Å²) in [6.07, 6.45) is 0. The van der Waals surface area contributed by atoms with E-state index >= 15 is 0 Å². The van der Waals surface area contributed by atoms with Crippen molar-refractivity contribution in [2.24, 2.45) is 0 Å². The van der Waals surface area contributed by atoms with E-state index in [0.29, 0.717) is 11.8 Å². The zero-order valence-corrected chi connectivity index (χ0v) is 11.5. The van der Waals surface area contributed by atoms with Crippen molar-refractivity contribution in [1.82, 2.24) is 14.5 Å². The molecule has 3 aromatic heterocycles. The lowest BCUT2D eigenvalue weighted by atomic mass is 10.2. The summed E-state index contributed by atoms with van der Waals surface area (Å²) in [7, 11) is 1.60. The van der Waals surface area contributed by atoms with Gasteiger partial charge in [0.25, 0.3) is 0 Å². The van der Waals surface area contributed by atoms with E-state index in [1.807, 2.05) is 10.6 Å². The lowest BCUT2D eigenvalue weighted by Crippen LogP contribution is -2.10. The zero-order chi connectivity index (χ0) is 13.4. The summed E-state index contributed by atoms with van der Waals surface area (Å²) in [6.45, 7) is 2.08. The fraction of sp³-hybridized carbons (Fsp3) is 0.231. The molecule has 2 N–H and O–H groups in total. The summed E-state index contributed by atoms with van der Waals surface area (Å²) in [5, 5.41) is 4.16. The Morgan fingerprint density at radius 2 is 2.16 bits per heavy atom. The molecule has 0 saturated carbocycles. The van der Waals surface area contributed by atoms with Crippen LogP contribution in [0.1, 0.15) is 18.5 Å². The van der Waals surface area contributed by atoms with Crippen LogP contribution >= 0.6 is 11.3 Å². The van der Waals surface area contributed by atoms with Gasteiger partial charge in [-0.3, -0.25) is 4.57 Å². The number of nitrogens with zero attached hydrogens (tertiary/aromatic N) is 3. The molecule has 19 heavy (non-hydrogen) atoms.